The molecule has 1 aliphatic rings. The van der Waals surface area contributed by atoms with Gasteiger partial charge in [-0.1, -0.05) is 6.07 Å². The van der Waals surface area contributed by atoms with E-state index in [2.05, 4.69) is 5.32 Å². The van der Waals surface area contributed by atoms with E-state index in [-0.39, 0.29) is 22.6 Å². The van der Waals surface area contributed by atoms with Crippen LogP contribution in [0.1, 0.15) is 25.3 Å². The van der Waals surface area contributed by atoms with Crippen LogP contribution in [0.3, 0.4) is 0 Å². The Morgan fingerprint density at radius 1 is 1.26 bits per heavy atom. The predicted octanol–water partition coefficient (Wildman–Crippen LogP) is 0.770. The van der Waals surface area contributed by atoms with Gasteiger partial charge >= 0.3 is 0 Å². The van der Waals surface area contributed by atoms with Gasteiger partial charge in [-0.3, -0.25) is 14.5 Å². The Bertz CT molecular complexity index is 815. The number of likely N-dealkylation sites (tertiary alicyclic amines) is 1. The summed E-state index contributed by atoms with van der Waals surface area (Å²) in [5.41, 5.74) is 6.60. The number of nitrogens with one attached hydrogen (secondary N) is 1. The summed E-state index contributed by atoms with van der Waals surface area (Å²) in [6.07, 6.45) is 1.28. The third-order valence-corrected chi connectivity index (χ3v) is 6.92. The zero-order chi connectivity index (χ0) is 20.4. The van der Waals surface area contributed by atoms with Crippen molar-refractivity contribution in [2.24, 2.45) is 11.7 Å². The fourth-order valence-electron chi connectivity index (χ4n) is 3.08. The van der Waals surface area contributed by atoms with Crippen LogP contribution in [-0.4, -0.2) is 62.7 Å². The fourth-order valence-corrected chi connectivity index (χ4v) is 4.01. The van der Waals surface area contributed by atoms with Crippen molar-refractivity contribution in [2.75, 3.05) is 32.5 Å². The molecule has 2 rings (SSSR count). The van der Waals surface area contributed by atoms with E-state index in [1.54, 1.807) is 13.0 Å². The quantitative estimate of drug-likeness (QED) is 0.737. The molecule has 0 saturated carbocycles. The van der Waals surface area contributed by atoms with Crippen LogP contribution in [0, 0.1) is 12.8 Å². The summed E-state index contributed by atoms with van der Waals surface area (Å²) in [7, 11) is -0.652. The van der Waals surface area contributed by atoms with E-state index in [0.717, 1.165) is 9.87 Å². The number of carbonyl (C=O) groups excluding carboxylic acids is 2. The molecule has 1 heterocycles. The van der Waals surface area contributed by atoms with Gasteiger partial charge in [-0.25, -0.2) is 12.7 Å². The highest BCUT2D eigenvalue weighted by Gasteiger charge is 2.29. The Hall–Kier alpha value is -1.97. The van der Waals surface area contributed by atoms with E-state index in [1.807, 2.05) is 11.8 Å². The molecule has 1 saturated heterocycles. The fraction of sp³-hybridized carbons (Fsp3) is 0.556. The van der Waals surface area contributed by atoms with Crippen molar-refractivity contribution >= 4 is 27.5 Å². The number of carbonyl (C=O) groups is 2. The zero-order valence-electron chi connectivity index (χ0n) is 16.2. The molecule has 27 heavy (non-hydrogen) atoms. The van der Waals surface area contributed by atoms with Gasteiger partial charge in [0, 0.05) is 25.7 Å². The molecule has 0 radical (unpaired) electrons. The highest BCUT2D eigenvalue weighted by atomic mass is 32.2. The van der Waals surface area contributed by atoms with Gasteiger partial charge in [0.05, 0.1) is 10.9 Å². The number of anilines is 1. The van der Waals surface area contributed by atoms with Crippen LogP contribution < -0.4 is 11.1 Å². The molecule has 2 amide bonds. The third kappa shape index (κ3) is 4.85. The van der Waals surface area contributed by atoms with Crippen LogP contribution >= 0.6 is 0 Å². The van der Waals surface area contributed by atoms with Crippen molar-refractivity contribution in [3.05, 3.63) is 23.8 Å². The summed E-state index contributed by atoms with van der Waals surface area (Å²) in [5.74, 6) is -0.636. The van der Waals surface area contributed by atoms with Gasteiger partial charge < -0.3 is 11.1 Å². The van der Waals surface area contributed by atoms with E-state index in [4.69, 9.17) is 5.73 Å². The molecule has 0 bridgehead atoms. The molecule has 1 fully saturated rings. The van der Waals surface area contributed by atoms with Crippen LogP contribution in [0.5, 0.6) is 0 Å². The number of benzene rings is 1. The smallest absolute Gasteiger partial charge is 0.242 e. The highest BCUT2D eigenvalue weighted by molar-refractivity contribution is 7.89. The van der Waals surface area contributed by atoms with Crippen molar-refractivity contribution in [3.8, 4) is 0 Å². The first kappa shape index (κ1) is 21.3. The molecule has 150 valence electrons. The van der Waals surface area contributed by atoms with Crippen LogP contribution in [0.2, 0.25) is 0 Å². The number of rotatable bonds is 6. The summed E-state index contributed by atoms with van der Waals surface area (Å²) in [6.45, 7) is 4.85. The topological polar surface area (TPSA) is 113 Å². The number of primary amides is 1. The van der Waals surface area contributed by atoms with Gasteiger partial charge in [-0.05, 0) is 57.5 Å². The number of hydrogen-bond acceptors (Lipinski definition) is 5. The SMILES string of the molecule is Cc1ccc(S(=O)(=O)N(C)C)cc1NC(=O)[C@H](C)N1CCC(C(N)=O)CC1. The van der Waals surface area contributed by atoms with Gasteiger partial charge in [0.2, 0.25) is 21.8 Å². The van der Waals surface area contributed by atoms with Crippen molar-refractivity contribution in [3.63, 3.8) is 0 Å². The van der Waals surface area contributed by atoms with E-state index in [1.165, 1.54) is 26.2 Å². The number of sulfonamides is 1. The lowest BCUT2D eigenvalue weighted by molar-refractivity contribution is -0.124. The van der Waals surface area contributed by atoms with Crippen molar-refractivity contribution in [2.45, 2.75) is 37.6 Å². The molecule has 0 spiro atoms. The van der Waals surface area contributed by atoms with Crippen molar-refractivity contribution < 1.29 is 18.0 Å². The monoisotopic (exact) mass is 396 g/mol. The second-order valence-corrected chi connectivity index (χ2v) is 9.29. The van der Waals surface area contributed by atoms with Crippen molar-refractivity contribution in [1.29, 1.82) is 0 Å². The highest BCUT2D eigenvalue weighted by Crippen LogP contribution is 2.23. The molecule has 1 aromatic carbocycles. The van der Waals surface area contributed by atoms with Crippen LogP contribution in [0.15, 0.2) is 23.1 Å². The third-order valence-electron chi connectivity index (χ3n) is 5.10. The van der Waals surface area contributed by atoms with Crippen LogP contribution in [0.25, 0.3) is 0 Å². The lowest BCUT2D eigenvalue weighted by Crippen LogP contribution is -2.47. The summed E-state index contributed by atoms with van der Waals surface area (Å²) in [4.78, 5) is 26.1. The summed E-state index contributed by atoms with van der Waals surface area (Å²) < 4.78 is 25.8. The normalized spacial score (nSPS) is 17.7. The zero-order valence-corrected chi connectivity index (χ0v) is 17.0. The first-order valence-corrected chi connectivity index (χ1v) is 10.4. The van der Waals surface area contributed by atoms with Crippen molar-refractivity contribution in [1.82, 2.24) is 9.21 Å². The minimum absolute atomic E-state index is 0.128. The molecular weight excluding hydrogens is 368 g/mol. The molecule has 0 unspecified atom stereocenters. The summed E-state index contributed by atoms with van der Waals surface area (Å²) >= 11 is 0. The molecule has 3 N–H and O–H groups in total. The number of nitrogens with two attached hydrogens (primary N) is 1. The molecule has 1 atom stereocenters. The Labute approximate surface area is 160 Å². The minimum atomic E-state index is -3.58. The maximum absolute atomic E-state index is 12.7. The Kier molecular flexibility index (Phi) is 6.61. The molecule has 8 nitrogen and oxygen atoms in total. The van der Waals surface area contributed by atoms with E-state index < -0.39 is 16.1 Å². The average Bonchev–Trinajstić information content (AvgIpc) is 2.62. The second-order valence-electron chi connectivity index (χ2n) is 7.14. The van der Waals surface area contributed by atoms with E-state index in [9.17, 15) is 18.0 Å². The first-order valence-electron chi connectivity index (χ1n) is 8.91. The predicted molar refractivity (Wildman–Crippen MR) is 104 cm³/mol. The number of hydrogen-bond donors (Lipinski definition) is 2. The molecule has 0 aliphatic carbocycles. The largest absolute Gasteiger partial charge is 0.369 e. The summed E-state index contributed by atoms with van der Waals surface area (Å²) in [5, 5.41) is 2.84. The number of nitrogens with zero attached hydrogens (tertiary/aromatic N) is 2. The Morgan fingerprint density at radius 3 is 2.37 bits per heavy atom. The van der Waals surface area contributed by atoms with Gasteiger partial charge in [0.25, 0.3) is 0 Å². The minimum Gasteiger partial charge on any atom is -0.369 e. The molecule has 9 heteroatoms. The molecule has 1 aromatic rings. The molecule has 1 aliphatic heterocycles. The summed E-state index contributed by atoms with van der Waals surface area (Å²) in [6, 6.07) is 4.29. The van der Waals surface area contributed by atoms with Gasteiger partial charge in [0.1, 0.15) is 0 Å². The lowest BCUT2D eigenvalue weighted by Gasteiger charge is -2.34. The average molecular weight is 397 g/mol. The molecule has 0 aromatic heterocycles. The number of aryl methyl sites for hydroxylation is 1. The first-order chi connectivity index (χ1) is 12.5. The molecular formula is C18H28N4O4S. The van der Waals surface area contributed by atoms with E-state index in [0.29, 0.717) is 31.6 Å². The van der Waals surface area contributed by atoms with Gasteiger partial charge in [-0.15, -0.1) is 0 Å². The number of amides is 2. The Balaban J connectivity index is 2.10. The Morgan fingerprint density at radius 2 is 1.85 bits per heavy atom. The maximum atomic E-state index is 12.7. The maximum Gasteiger partial charge on any atom is 0.242 e. The van der Waals surface area contributed by atoms with Crippen LogP contribution in [-0.2, 0) is 19.6 Å². The van der Waals surface area contributed by atoms with Crippen LogP contribution in [0.4, 0.5) is 5.69 Å². The van der Waals surface area contributed by atoms with Gasteiger partial charge in [-0.2, -0.15) is 0 Å². The standard InChI is InChI=1S/C18H28N4O4S/c1-12-5-6-15(27(25,26)21(3)4)11-16(12)20-18(24)13(2)22-9-7-14(8-10-22)17(19)23/h5-6,11,13-14H,7-10H2,1-4H3,(H2,19,23)(H,20,24)/t13-/m0/s1. The second kappa shape index (κ2) is 8.37. The number of piperidine rings is 1. The van der Waals surface area contributed by atoms with E-state index >= 15 is 0 Å². The van der Waals surface area contributed by atoms with Gasteiger partial charge in [0.15, 0.2) is 0 Å². The lowest BCUT2D eigenvalue weighted by atomic mass is 9.95.